The third-order valence-electron chi connectivity index (χ3n) is 1.48. The molecule has 0 radical (unpaired) electrons. The fraction of sp³-hybridized carbons (Fsp3) is 0.250. The van der Waals surface area contributed by atoms with Crippen molar-refractivity contribution < 1.29 is 9.53 Å². The minimum absolute atomic E-state index is 0.186. The third kappa shape index (κ3) is 3.18. The van der Waals surface area contributed by atoms with Crippen molar-refractivity contribution in [2.45, 2.75) is 0 Å². The van der Waals surface area contributed by atoms with Gasteiger partial charge in [0, 0.05) is 6.20 Å². The van der Waals surface area contributed by atoms with Gasteiger partial charge in [0.05, 0.1) is 12.2 Å². The monoisotopic (exact) mass is 196 g/mol. The van der Waals surface area contributed by atoms with Crippen LogP contribution in [0.1, 0.15) is 0 Å². The standard InChI is InChI=1S/C8H12N4O2/c9-6-2-1-3-11-7(6)12-4-5-14-8(10)13/h1-3H,4-5,9H2,(H2,10,13)(H,11,12). The Morgan fingerprint density at radius 2 is 2.43 bits per heavy atom. The number of aromatic nitrogens is 1. The van der Waals surface area contributed by atoms with Crippen molar-refractivity contribution in [3.63, 3.8) is 0 Å². The van der Waals surface area contributed by atoms with Crippen LogP contribution in [0.15, 0.2) is 18.3 Å². The number of nitrogens with zero attached hydrogens (tertiary/aromatic N) is 1. The number of nitrogen functional groups attached to an aromatic ring is 1. The summed E-state index contributed by atoms with van der Waals surface area (Å²) in [6.45, 7) is 0.607. The molecule has 6 heteroatoms. The number of hydrogen-bond donors (Lipinski definition) is 3. The quantitative estimate of drug-likeness (QED) is 0.595. The van der Waals surface area contributed by atoms with Crippen molar-refractivity contribution in [1.82, 2.24) is 4.98 Å². The van der Waals surface area contributed by atoms with Crippen molar-refractivity contribution in [2.24, 2.45) is 5.73 Å². The van der Waals surface area contributed by atoms with Gasteiger partial charge in [0.25, 0.3) is 0 Å². The second-order valence-electron chi connectivity index (χ2n) is 2.54. The van der Waals surface area contributed by atoms with E-state index in [0.717, 1.165) is 0 Å². The van der Waals surface area contributed by atoms with Gasteiger partial charge in [-0.1, -0.05) is 0 Å². The molecule has 0 spiro atoms. The molecule has 76 valence electrons. The highest BCUT2D eigenvalue weighted by molar-refractivity contribution is 5.64. The van der Waals surface area contributed by atoms with Gasteiger partial charge in [0.2, 0.25) is 0 Å². The predicted octanol–water partition coefficient (Wildman–Crippen LogP) is 0.171. The Bertz CT molecular complexity index is 316. The zero-order valence-corrected chi connectivity index (χ0v) is 7.56. The van der Waals surface area contributed by atoms with Crippen molar-refractivity contribution in [3.05, 3.63) is 18.3 Å². The number of carbonyl (C=O) groups excluding carboxylic acids is 1. The summed E-state index contributed by atoms with van der Waals surface area (Å²) in [5.41, 5.74) is 10.9. The van der Waals surface area contributed by atoms with Crippen LogP contribution in [0.25, 0.3) is 0 Å². The largest absolute Gasteiger partial charge is 0.448 e. The molecule has 5 N–H and O–H groups in total. The normalized spacial score (nSPS) is 9.43. The molecular formula is C8H12N4O2. The van der Waals surface area contributed by atoms with Crippen LogP contribution in [0.4, 0.5) is 16.3 Å². The highest BCUT2D eigenvalue weighted by Gasteiger charge is 1.98. The van der Waals surface area contributed by atoms with E-state index in [1.165, 1.54) is 0 Å². The number of nitrogens with two attached hydrogens (primary N) is 2. The summed E-state index contributed by atoms with van der Waals surface area (Å²) in [4.78, 5) is 14.2. The first-order chi connectivity index (χ1) is 6.70. The average Bonchev–Trinajstić information content (AvgIpc) is 2.15. The first kappa shape index (κ1) is 10.1. The van der Waals surface area contributed by atoms with Crippen LogP contribution in [-0.4, -0.2) is 24.2 Å². The van der Waals surface area contributed by atoms with Gasteiger partial charge < -0.3 is 21.5 Å². The van der Waals surface area contributed by atoms with Crippen molar-refractivity contribution in [1.29, 1.82) is 0 Å². The molecule has 0 unspecified atom stereocenters. The number of pyridine rings is 1. The molecule has 14 heavy (non-hydrogen) atoms. The third-order valence-corrected chi connectivity index (χ3v) is 1.48. The van der Waals surface area contributed by atoms with E-state index in [1.807, 2.05) is 0 Å². The lowest BCUT2D eigenvalue weighted by Gasteiger charge is -2.06. The Kier molecular flexibility index (Phi) is 3.54. The average molecular weight is 196 g/mol. The molecule has 1 amide bonds. The van der Waals surface area contributed by atoms with E-state index in [1.54, 1.807) is 18.3 Å². The summed E-state index contributed by atoms with van der Waals surface area (Å²) in [5.74, 6) is 0.570. The van der Waals surface area contributed by atoms with Crippen molar-refractivity contribution in [2.75, 3.05) is 24.2 Å². The van der Waals surface area contributed by atoms with E-state index in [2.05, 4.69) is 15.0 Å². The first-order valence-corrected chi connectivity index (χ1v) is 4.06. The summed E-state index contributed by atoms with van der Waals surface area (Å²) < 4.78 is 4.51. The topological polar surface area (TPSA) is 103 Å². The smallest absolute Gasteiger partial charge is 0.404 e. The molecule has 1 rings (SSSR count). The van der Waals surface area contributed by atoms with Crippen molar-refractivity contribution >= 4 is 17.6 Å². The molecule has 0 bridgehead atoms. The van der Waals surface area contributed by atoms with Gasteiger partial charge in [-0.05, 0) is 12.1 Å². The lowest BCUT2D eigenvalue weighted by Crippen LogP contribution is -2.19. The number of hydrogen-bond acceptors (Lipinski definition) is 5. The predicted molar refractivity (Wildman–Crippen MR) is 52.7 cm³/mol. The Labute approximate surface area is 81.3 Å². The molecule has 1 heterocycles. The van der Waals surface area contributed by atoms with Gasteiger partial charge in [-0.15, -0.1) is 0 Å². The van der Waals surface area contributed by atoms with E-state index in [9.17, 15) is 4.79 Å². The summed E-state index contributed by atoms with van der Waals surface area (Å²) in [5, 5.41) is 2.90. The van der Waals surface area contributed by atoms with Crippen LogP contribution >= 0.6 is 0 Å². The Morgan fingerprint density at radius 3 is 3.07 bits per heavy atom. The van der Waals surface area contributed by atoms with E-state index >= 15 is 0 Å². The van der Waals surface area contributed by atoms with Crippen LogP contribution in [0.3, 0.4) is 0 Å². The van der Waals surface area contributed by atoms with Gasteiger partial charge in [-0.2, -0.15) is 0 Å². The molecule has 6 nitrogen and oxygen atoms in total. The van der Waals surface area contributed by atoms with E-state index < -0.39 is 6.09 Å². The highest BCUT2D eigenvalue weighted by atomic mass is 16.5. The number of carbonyl (C=O) groups is 1. The van der Waals surface area contributed by atoms with Crippen LogP contribution in [0.2, 0.25) is 0 Å². The van der Waals surface area contributed by atoms with Gasteiger partial charge in [-0.3, -0.25) is 0 Å². The molecule has 1 aromatic rings. The van der Waals surface area contributed by atoms with Crippen LogP contribution in [0.5, 0.6) is 0 Å². The lowest BCUT2D eigenvalue weighted by molar-refractivity contribution is 0.161. The molecule has 0 aromatic carbocycles. The molecule has 0 aliphatic heterocycles. The first-order valence-electron chi connectivity index (χ1n) is 4.06. The molecule has 0 atom stereocenters. The molecular weight excluding hydrogens is 184 g/mol. The fourth-order valence-corrected chi connectivity index (χ4v) is 0.887. The zero-order chi connectivity index (χ0) is 10.4. The molecule has 0 aliphatic carbocycles. The SMILES string of the molecule is NC(=O)OCCNc1ncccc1N. The van der Waals surface area contributed by atoms with Crippen LogP contribution in [-0.2, 0) is 4.74 Å². The second-order valence-corrected chi connectivity index (χ2v) is 2.54. The Balaban J connectivity index is 2.31. The minimum Gasteiger partial charge on any atom is -0.448 e. The van der Waals surface area contributed by atoms with Crippen molar-refractivity contribution in [3.8, 4) is 0 Å². The number of nitrogens with one attached hydrogen (secondary N) is 1. The van der Waals surface area contributed by atoms with Crippen LogP contribution < -0.4 is 16.8 Å². The van der Waals surface area contributed by atoms with Gasteiger partial charge in [0.15, 0.2) is 0 Å². The van der Waals surface area contributed by atoms with E-state index in [-0.39, 0.29) is 6.61 Å². The summed E-state index contributed by atoms with van der Waals surface area (Å²) in [7, 11) is 0. The fourth-order valence-electron chi connectivity index (χ4n) is 0.887. The summed E-state index contributed by atoms with van der Waals surface area (Å²) in [6.07, 6.45) is 0.828. The molecule has 0 fully saturated rings. The number of ether oxygens (including phenoxy) is 1. The number of rotatable bonds is 4. The van der Waals surface area contributed by atoms with E-state index in [0.29, 0.717) is 18.1 Å². The Morgan fingerprint density at radius 1 is 1.64 bits per heavy atom. The maximum Gasteiger partial charge on any atom is 0.404 e. The molecule has 0 aliphatic rings. The van der Waals surface area contributed by atoms with Gasteiger partial charge >= 0.3 is 6.09 Å². The number of primary amides is 1. The molecule has 1 aromatic heterocycles. The van der Waals surface area contributed by atoms with Gasteiger partial charge in [-0.25, -0.2) is 9.78 Å². The number of anilines is 2. The van der Waals surface area contributed by atoms with Gasteiger partial charge in [0.1, 0.15) is 12.4 Å². The summed E-state index contributed by atoms with van der Waals surface area (Å²) >= 11 is 0. The van der Waals surface area contributed by atoms with E-state index in [4.69, 9.17) is 11.5 Å². The Hall–Kier alpha value is -1.98. The van der Waals surface area contributed by atoms with Crippen LogP contribution in [0, 0.1) is 0 Å². The maximum atomic E-state index is 10.2. The minimum atomic E-state index is -0.791. The lowest BCUT2D eigenvalue weighted by atomic mass is 10.4. The molecule has 0 saturated carbocycles. The number of amides is 1. The molecule has 0 saturated heterocycles. The highest BCUT2D eigenvalue weighted by Crippen LogP contribution is 2.11. The zero-order valence-electron chi connectivity index (χ0n) is 7.56. The summed E-state index contributed by atoms with van der Waals surface area (Å²) in [6, 6.07) is 3.46. The second kappa shape index (κ2) is 4.90. The maximum absolute atomic E-state index is 10.2.